The molecule has 1 aromatic carbocycles. The molecule has 0 unspecified atom stereocenters. The van der Waals surface area contributed by atoms with Gasteiger partial charge in [0.05, 0.1) is 0 Å². The van der Waals surface area contributed by atoms with Gasteiger partial charge in [-0.1, -0.05) is 108 Å². The summed E-state index contributed by atoms with van der Waals surface area (Å²) in [5.41, 5.74) is 1.58. The minimum Gasteiger partial charge on any atom is -0.0654 e. The lowest BCUT2D eigenvalue weighted by Gasteiger charge is -2.28. The zero-order chi connectivity index (χ0) is 16.9. The maximum absolute atomic E-state index is 2.33. The van der Waals surface area contributed by atoms with Crippen molar-refractivity contribution < 1.29 is 0 Å². The molecule has 0 heterocycles. The van der Waals surface area contributed by atoms with Gasteiger partial charge in [0.1, 0.15) is 0 Å². The van der Waals surface area contributed by atoms with E-state index in [1.165, 1.54) is 96.3 Å². The molecule has 0 radical (unpaired) electrons. The van der Waals surface area contributed by atoms with Gasteiger partial charge in [0, 0.05) is 0 Å². The molecule has 24 heavy (non-hydrogen) atoms. The van der Waals surface area contributed by atoms with Crippen molar-refractivity contribution in [1.29, 1.82) is 0 Å². The Labute approximate surface area is 151 Å². The van der Waals surface area contributed by atoms with E-state index in [1.54, 1.807) is 5.56 Å². The van der Waals surface area contributed by atoms with E-state index in [2.05, 4.69) is 37.3 Å². The van der Waals surface area contributed by atoms with Crippen molar-refractivity contribution in [2.24, 2.45) is 5.92 Å². The average Bonchev–Trinajstić information content (AvgIpc) is 2.64. The Morgan fingerprint density at radius 1 is 0.667 bits per heavy atom. The summed E-state index contributed by atoms with van der Waals surface area (Å²) in [7, 11) is 0. The first kappa shape index (κ1) is 19.5. The zero-order valence-corrected chi connectivity index (χ0v) is 16.1. The molecule has 0 bridgehead atoms. The summed E-state index contributed by atoms with van der Waals surface area (Å²) in [6, 6.07) is 11.2. The van der Waals surface area contributed by atoms with Gasteiger partial charge in [0.15, 0.2) is 0 Å². The molecular weight excluding hydrogens is 288 g/mol. The maximum Gasteiger partial charge on any atom is -0.0162 e. The van der Waals surface area contributed by atoms with E-state index in [4.69, 9.17) is 0 Å². The molecule has 0 atom stereocenters. The Bertz CT molecular complexity index is 386. The molecule has 0 nitrogen and oxygen atoms in total. The Hall–Kier alpha value is -0.780. The van der Waals surface area contributed by atoms with Crippen molar-refractivity contribution in [3.05, 3.63) is 35.9 Å². The maximum atomic E-state index is 2.33. The van der Waals surface area contributed by atoms with Crippen LogP contribution < -0.4 is 0 Å². The van der Waals surface area contributed by atoms with Crippen LogP contribution in [0.2, 0.25) is 0 Å². The van der Waals surface area contributed by atoms with Crippen LogP contribution in [0, 0.1) is 5.92 Å². The second-order valence-electron chi connectivity index (χ2n) is 8.10. The SMILES string of the molecule is CCCCCCCCCCCCC1CCC(c2ccccc2)CC1. The fourth-order valence-electron chi connectivity index (χ4n) is 4.43. The largest absolute Gasteiger partial charge is 0.0654 e. The fourth-order valence-corrected chi connectivity index (χ4v) is 4.43. The van der Waals surface area contributed by atoms with E-state index in [0.29, 0.717) is 0 Å². The molecule has 1 fully saturated rings. The Balaban J connectivity index is 1.43. The Morgan fingerprint density at radius 3 is 1.79 bits per heavy atom. The third-order valence-corrected chi connectivity index (χ3v) is 6.08. The topological polar surface area (TPSA) is 0 Å². The first-order chi connectivity index (χ1) is 11.9. The van der Waals surface area contributed by atoms with E-state index in [-0.39, 0.29) is 0 Å². The van der Waals surface area contributed by atoms with E-state index in [9.17, 15) is 0 Å². The summed E-state index contributed by atoms with van der Waals surface area (Å²) in [6.45, 7) is 2.30. The minimum absolute atomic E-state index is 0.843. The molecule has 1 aliphatic rings. The molecule has 0 aliphatic heterocycles. The predicted octanol–water partition coefficient (Wildman–Crippen LogP) is 8.27. The smallest absolute Gasteiger partial charge is 0.0162 e. The summed E-state index contributed by atoms with van der Waals surface area (Å²) in [4.78, 5) is 0. The predicted molar refractivity (Wildman–Crippen MR) is 108 cm³/mol. The molecule has 0 heteroatoms. The van der Waals surface area contributed by atoms with Crippen LogP contribution in [0.1, 0.15) is 115 Å². The van der Waals surface area contributed by atoms with Crippen LogP contribution in [0.15, 0.2) is 30.3 Å². The molecule has 0 amide bonds. The number of unbranched alkanes of at least 4 members (excludes halogenated alkanes) is 9. The molecule has 0 N–H and O–H groups in total. The van der Waals surface area contributed by atoms with Gasteiger partial charge in [-0.25, -0.2) is 0 Å². The monoisotopic (exact) mass is 328 g/mol. The van der Waals surface area contributed by atoms with Crippen LogP contribution in [-0.4, -0.2) is 0 Å². The normalized spacial score (nSPS) is 21.0. The number of benzene rings is 1. The molecule has 1 saturated carbocycles. The molecule has 0 saturated heterocycles. The van der Waals surface area contributed by atoms with Crippen LogP contribution in [0.3, 0.4) is 0 Å². The zero-order valence-electron chi connectivity index (χ0n) is 16.1. The highest BCUT2D eigenvalue weighted by Gasteiger charge is 2.21. The second kappa shape index (κ2) is 12.6. The van der Waals surface area contributed by atoms with E-state index >= 15 is 0 Å². The van der Waals surface area contributed by atoms with Crippen LogP contribution in [0.4, 0.5) is 0 Å². The van der Waals surface area contributed by atoms with Gasteiger partial charge in [-0.3, -0.25) is 0 Å². The molecule has 1 aliphatic carbocycles. The highest BCUT2D eigenvalue weighted by molar-refractivity contribution is 5.19. The molecule has 0 spiro atoms. The summed E-state index contributed by atoms with van der Waals surface area (Å²) in [5.74, 6) is 1.87. The van der Waals surface area contributed by atoms with Crippen LogP contribution in [0.25, 0.3) is 0 Å². The molecule has 136 valence electrons. The Kier molecular flexibility index (Phi) is 10.2. The van der Waals surface area contributed by atoms with Gasteiger partial charge < -0.3 is 0 Å². The third kappa shape index (κ3) is 7.86. The van der Waals surface area contributed by atoms with Crippen molar-refractivity contribution in [2.45, 2.75) is 109 Å². The summed E-state index contributed by atoms with van der Waals surface area (Å²) >= 11 is 0. The molecular formula is C24H40. The first-order valence-electron chi connectivity index (χ1n) is 10.9. The van der Waals surface area contributed by atoms with E-state index < -0.39 is 0 Å². The standard InChI is InChI=1S/C24H40/c1-2-3-4-5-6-7-8-9-10-12-15-22-18-20-24(21-19-22)23-16-13-11-14-17-23/h11,13-14,16-17,22,24H,2-10,12,15,18-21H2,1H3. The highest BCUT2D eigenvalue weighted by atomic mass is 14.3. The van der Waals surface area contributed by atoms with Crippen molar-refractivity contribution >= 4 is 0 Å². The molecule has 1 aromatic rings. The van der Waals surface area contributed by atoms with Crippen molar-refractivity contribution in [2.75, 3.05) is 0 Å². The molecule has 2 rings (SSSR count). The van der Waals surface area contributed by atoms with E-state index in [1.807, 2.05) is 0 Å². The fraction of sp³-hybridized carbons (Fsp3) is 0.750. The first-order valence-corrected chi connectivity index (χ1v) is 10.9. The van der Waals surface area contributed by atoms with E-state index in [0.717, 1.165) is 11.8 Å². The average molecular weight is 329 g/mol. The highest BCUT2D eigenvalue weighted by Crippen LogP contribution is 2.37. The van der Waals surface area contributed by atoms with Gasteiger partial charge in [-0.15, -0.1) is 0 Å². The van der Waals surface area contributed by atoms with Gasteiger partial charge in [-0.2, -0.15) is 0 Å². The van der Waals surface area contributed by atoms with Crippen molar-refractivity contribution in [1.82, 2.24) is 0 Å². The summed E-state index contributed by atoms with van der Waals surface area (Å²) in [5, 5.41) is 0. The number of hydrogen-bond donors (Lipinski definition) is 0. The molecule has 0 aromatic heterocycles. The van der Waals surface area contributed by atoms with Gasteiger partial charge in [0.25, 0.3) is 0 Å². The van der Waals surface area contributed by atoms with Crippen molar-refractivity contribution in [3.63, 3.8) is 0 Å². The van der Waals surface area contributed by atoms with Gasteiger partial charge in [0.2, 0.25) is 0 Å². The quantitative estimate of drug-likeness (QED) is 0.339. The minimum atomic E-state index is 0.843. The Morgan fingerprint density at radius 2 is 1.21 bits per heavy atom. The van der Waals surface area contributed by atoms with Crippen LogP contribution in [-0.2, 0) is 0 Å². The van der Waals surface area contributed by atoms with Crippen molar-refractivity contribution in [3.8, 4) is 0 Å². The lowest BCUT2D eigenvalue weighted by atomic mass is 9.77. The summed E-state index contributed by atoms with van der Waals surface area (Å²) in [6.07, 6.45) is 21.9. The lowest BCUT2D eigenvalue weighted by Crippen LogP contribution is -2.13. The third-order valence-electron chi connectivity index (χ3n) is 6.08. The van der Waals surface area contributed by atoms with Crippen LogP contribution >= 0.6 is 0 Å². The lowest BCUT2D eigenvalue weighted by molar-refractivity contribution is 0.301. The number of hydrogen-bond acceptors (Lipinski definition) is 0. The van der Waals surface area contributed by atoms with Gasteiger partial charge in [-0.05, 0) is 43.1 Å². The van der Waals surface area contributed by atoms with Gasteiger partial charge >= 0.3 is 0 Å². The van der Waals surface area contributed by atoms with Crippen LogP contribution in [0.5, 0.6) is 0 Å². The summed E-state index contributed by atoms with van der Waals surface area (Å²) < 4.78 is 0. The number of rotatable bonds is 12. The second-order valence-corrected chi connectivity index (χ2v) is 8.10.